The summed E-state index contributed by atoms with van der Waals surface area (Å²) < 4.78 is 5.60. The zero-order valence-corrected chi connectivity index (χ0v) is 10.9. The number of hydrogen-bond donors (Lipinski definition) is 1. The molecule has 0 saturated heterocycles. The molecule has 1 rings (SSSR count). The third-order valence-corrected chi connectivity index (χ3v) is 3.38. The normalized spacial score (nSPS) is 27.2. The van der Waals surface area contributed by atoms with E-state index in [2.05, 4.69) is 33.0 Å². The molecule has 2 nitrogen and oxygen atoms in total. The molecule has 0 aromatic rings. The summed E-state index contributed by atoms with van der Waals surface area (Å²) in [6.07, 6.45) is 1.41. The lowest BCUT2D eigenvalue weighted by molar-refractivity contribution is 0.121. The Balaban J connectivity index is 3.07. The average molecular weight is 211 g/mol. The van der Waals surface area contributed by atoms with Gasteiger partial charge in [-0.15, -0.1) is 0 Å². The molecule has 88 valence electrons. The maximum absolute atomic E-state index is 5.60. The highest BCUT2D eigenvalue weighted by Gasteiger charge is 2.35. The summed E-state index contributed by atoms with van der Waals surface area (Å²) in [4.78, 5) is 0. The molecule has 1 aliphatic carbocycles. The van der Waals surface area contributed by atoms with Crippen molar-refractivity contribution in [2.75, 3.05) is 14.2 Å². The predicted octanol–water partition coefficient (Wildman–Crippen LogP) is 2.60. The highest BCUT2D eigenvalue weighted by molar-refractivity contribution is 5.32. The fraction of sp³-hybridized carbons (Fsp3) is 0.846. The molecular formula is C13H25NO. The highest BCUT2D eigenvalue weighted by atomic mass is 16.5. The Kier molecular flexibility index (Phi) is 4.35. The fourth-order valence-corrected chi connectivity index (χ4v) is 2.79. The number of hydrogen-bond acceptors (Lipinski definition) is 2. The number of ether oxygens (including phenoxy) is 1. The number of likely N-dealkylation sites (N-methyl/N-ethyl adjacent to an activating group) is 1. The van der Waals surface area contributed by atoms with Crippen LogP contribution >= 0.6 is 0 Å². The Labute approximate surface area is 94.1 Å². The maximum atomic E-state index is 5.60. The first-order valence-corrected chi connectivity index (χ1v) is 5.96. The molecule has 0 saturated carbocycles. The van der Waals surface area contributed by atoms with Crippen LogP contribution in [0.15, 0.2) is 11.1 Å². The number of methoxy groups -OCH3 is 1. The minimum atomic E-state index is 0.319. The lowest BCUT2D eigenvalue weighted by Crippen LogP contribution is -2.27. The summed E-state index contributed by atoms with van der Waals surface area (Å²) in [5.41, 5.74) is 3.09. The Hall–Kier alpha value is -0.340. The van der Waals surface area contributed by atoms with Gasteiger partial charge in [0.25, 0.3) is 0 Å². The van der Waals surface area contributed by atoms with Gasteiger partial charge in [-0.1, -0.05) is 27.7 Å². The Bertz CT molecular complexity index is 219. The quantitative estimate of drug-likeness (QED) is 0.722. The topological polar surface area (TPSA) is 21.3 Å². The molecule has 0 aromatic heterocycles. The van der Waals surface area contributed by atoms with Crippen LogP contribution in [0, 0.1) is 11.8 Å². The van der Waals surface area contributed by atoms with Crippen LogP contribution < -0.4 is 5.32 Å². The van der Waals surface area contributed by atoms with E-state index in [0.29, 0.717) is 24.0 Å². The molecule has 2 heteroatoms. The van der Waals surface area contributed by atoms with Crippen LogP contribution in [0.5, 0.6) is 0 Å². The minimum Gasteiger partial charge on any atom is -0.377 e. The van der Waals surface area contributed by atoms with Crippen LogP contribution in [0.25, 0.3) is 0 Å². The van der Waals surface area contributed by atoms with E-state index in [1.165, 1.54) is 5.57 Å². The monoisotopic (exact) mass is 211 g/mol. The number of rotatable bonds is 4. The van der Waals surface area contributed by atoms with E-state index in [1.807, 2.05) is 14.2 Å². The molecule has 0 radical (unpaired) electrons. The minimum absolute atomic E-state index is 0.319. The molecule has 1 aliphatic rings. The van der Waals surface area contributed by atoms with Gasteiger partial charge in [0.05, 0.1) is 6.10 Å². The van der Waals surface area contributed by atoms with Gasteiger partial charge in [-0.05, 0) is 36.5 Å². The van der Waals surface area contributed by atoms with Crippen molar-refractivity contribution >= 4 is 0 Å². The molecule has 2 unspecified atom stereocenters. The van der Waals surface area contributed by atoms with Gasteiger partial charge in [-0.3, -0.25) is 0 Å². The summed E-state index contributed by atoms with van der Waals surface area (Å²) in [5, 5.41) is 3.41. The van der Waals surface area contributed by atoms with Crippen LogP contribution in [-0.2, 0) is 4.74 Å². The van der Waals surface area contributed by atoms with Crippen molar-refractivity contribution in [3.63, 3.8) is 0 Å². The van der Waals surface area contributed by atoms with Crippen LogP contribution in [0.4, 0.5) is 0 Å². The van der Waals surface area contributed by atoms with Gasteiger partial charge in [0.1, 0.15) is 0 Å². The van der Waals surface area contributed by atoms with Crippen LogP contribution in [-0.4, -0.2) is 26.3 Å². The van der Waals surface area contributed by atoms with Gasteiger partial charge < -0.3 is 10.1 Å². The van der Waals surface area contributed by atoms with E-state index in [-0.39, 0.29) is 0 Å². The molecule has 0 fully saturated rings. The van der Waals surface area contributed by atoms with Crippen LogP contribution in [0.3, 0.4) is 0 Å². The Morgan fingerprint density at radius 1 is 1.13 bits per heavy atom. The first-order valence-electron chi connectivity index (χ1n) is 5.96. The van der Waals surface area contributed by atoms with Crippen LogP contribution in [0.1, 0.15) is 34.1 Å². The summed E-state index contributed by atoms with van der Waals surface area (Å²) >= 11 is 0. The highest BCUT2D eigenvalue weighted by Crippen LogP contribution is 2.37. The molecule has 0 heterocycles. The summed E-state index contributed by atoms with van der Waals surface area (Å²) in [6.45, 7) is 9.09. The van der Waals surface area contributed by atoms with E-state index in [1.54, 1.807) is 5.57 Å². The second-order valence-electron chi connectivity index (χ2n) is 5.02. The van der Waals surface area contributed by atoms with E-state index >= 15 is 0 Å². The SMILES string of the molecule is CNC1CC(OC)C(C(C)C)=C1C(C)C. The van der Waals surface area contributed by atoms with Gasteiger partial charge in [-0.25, -0.2) is 0 Å². The van der Waals surface area contributed by atoms with Gasteiger partial charge in [0.15, 0.2) is 0 Å². The third-order valence-electron chi connectivity index (χ3n) is 3.38. The van der Waals surface area contributed by atoms with Gasteiger partial charge >= 0.3 is 0 Å². The van der Waals surface area contributed by atoms with Crippen molar-refractivity contribution < 1.29 is 4.74 Å². The Morgan fingerprint density at radius 3 is 2.00 bits per heavy atom. The van der Waals surface area contributed by atoms with E-state index in [0.717, 1.165) is 6.42 Å². The van der Waals surface area contributed by atoms with Gasteiger partial charge in [-0.2, -0.15) is 0 Å². The molecule has 1 N–H and O–H groups in total. The van der Waals surface area contributed by atoms with Crippen molar-refractivity contribution in [2.45, 2.75) is 46.3 Å². The zero-order valence-electron chi connectivity index (χ0n) is 10.9. The van der Waals surface area contributed by atoms with Crippen molar-refractivity contribution in [1.82, 2.24) is 5.32 Å². The van der Waals surface area contributed by atoms with Crippen molar-refractivity contribution in [2.24, 2.45) is 11.8 Å². The summed E-state index contributed by atoms with van der Waals surface area (Å²) in [6, 6.07) is 0.507. The van der Waals surface area contributed by atoms with Crippen molar-refractivity contribution in [1.29, 1.82) is 0 Å². The van der Waals surface area contributed by atoms with Gasteiger partial charge in [0, 0.05) is 13.2 Å². The first-order chi connectivity index (χ1) is 7.02. The smallest absolute Gasteiger partial charge is 0.0805 e. The molecule has 0 aromatic carbocycles. The van der Waals surface area contributed by atoms with E-state index in [4.69, 9.17) is 4.74 Å². The zero-order chi connectivity index (χ0) is 11.6. The van der Waals surface area contributed by atoms with Crippen LogP contribution in [0.2, 0.25) is 0 Å². The molecular weight excluding hydrogens is 186 g/mol. The molecule has 0 spiro atoms. The Morgan fingerprint density at radius 2 is 1.67 bits per heavy atom. The molecule has 15 heavy (non-hydrogen) atoms. The molecule has 0 bridgehead atoms. The average Bonchev–Trinajstić information content (AvgIpc) is 2.55. The van der Waals surface area contributed by atoms with Gasteiger partial charge in [0.2, 0.25) is 0 Å². The second-order valence-corrected chi connectivity index (χ2v) is 5.02. The van der Waals surface area contributed by atoms with E-state index in [9.17, 15) is 0 Å². The largest absolute Gasteiger partial charge is 0.377 e. The molecule has 2 atom stereocenters. The predicted molar refractivity (Wildman–Crippen MR) is 65.0 cm³/mol. The number of nitrogens with one attached hydrogen (secondary N) is 1. The van der Waals surface area contributed by atoms with E-state index < -0.39 is 0 Å². The second kappa shape index (κ2) is 5.13. The summed E-state index contributed by atoms with van der Waals surface area (Å²) in [7, 11) is 3.87. The summed E-state index contributed by atoms with van der Waals surface area (Å²) in [5.74, 6) is 1.20. The molecule has 0 amide bonds. The standard InChI is InChI=1S/C13H25NO/c1-8(2)12-10(14-5)7-11(15-6)13(12)9(3)4/h8-11,14H,7H2,1-6H3. The first kappa shape index (κ1) is 12.7. The lowest BCUT2D eigenvalue weighted by atomic mass is 9.91. The third kappa shape index (κ3) is 2.43. The lowest BCUT2D eigenvalue weighted by Gasteiger charge is -2.20. The fourth-order valence-electron chi connectivity index (χ4n) is 2.79. The van der Waals surface area contributed by atoms with Crippen molar-refractivity contribution in [3.05, 3.63) is 11.1 Å². The van der Waals surface area contributed by atoms with Crippen molar-refractivity contribution in [3.8, 4) is 0 Å². The maximum Gasteiger partial charge on any atom is 0.0805 e. The molecule has 0 aliphatic heterocycles.